The zero-order chi connectivity index (χ0) is 11.4. The summed E-state index contributed by atoms with van der Waals surface area (Å²) in [4.78, 5) is 0. The summed E-state index contributed by atoms with van der Waals surface area (Å²) in [7, 11) is 0. The first kappa shape index (κ1) is 11.0. The Labute approximate surface area is 100 Å². The zero-order valence-corrected chi connectivity index (χ0v) is 9.61. The van der Waals surface area contributed by atoms with Crippen molar-refractivity contribution in [1.29, 1.82) is 0 Å². The molecule has 82 valence electrons. The van der Waals surface area contributed by atoms with E-state index >= 15 is 0 Å². The van der Waals surface area contributed by atoms with Crippen molar-refractivity contribution in [3.63, 3.8) is 0 Å². The first-order chi connectivity index (χ1) is 7.79. The Morgan fingerprint density at radius 2 is 1.75 bits per heavy atom. The summed E-state index contributed by atoms with van der Waals surface area (Å²) in [5, 5.41) is 9.22. The van der Waals surface area contributed by atoms with Crippen molar-refractivity contribution in [3.8, 4) is 16.9 Å². The molecule has 2 rings (SSSR count). The van der Waals surface area contributed by atoms with Crippen LogP contribution in [0.2, 0.25) is 0 Å². The number of hydrogen-bond acceptors (Lipinski definition) is 3. The Kier molecular flexibility index (Phi) is 3.49. The summed E-state index contributed by atoms with van der Waals surface area (Å²) in [6.07, 6.45) is 0. The van der Waals surface area contributed by atoms with Gasteiger partial charge < -0.3 is 5.11 Å². The van der Waals surface area contributed by atoms with Crippen molar-refractivity contribution >= 4 is 12.8 Å². The van der Waals surface area contributed by atoms with E-state index in [1.165, 1.54) is 5.56 Å². The van der Waals surface area contributed by atoms with Crippen LogP contribution in [0.1, 0.15) is 5.56 Å². The second-order valence-corrected chi connectivity index (χ2v) is 3.90. The fraction of sp³-hybridized carbons (Fsp3) is 0.0769. The van der Waals surface area contributed by atoms with Crippen LogP contribution in [0, 0.1) is 0 Å². The summed E-state index contributed by atoms with van der Waals surface area (Å²) in [6, 6.07) is 15.4. The number of hydrogen-bond donors (Lipinski definition) is 3. The maximum Gasteiger partial charge on any atom is 0.115 e. The third kappa shape index (κ3) is 2.56. The monoisotopic (exact) mass is 231 g/mol. The minimum atomic E-state index is 0.289. The van der Waals surface area contributed by atoms with Gasteiger partial charge in [-0.05, 0) is 34.9 Å². The summed E-state index contributed by atoms with van der Waals surface area (Å²) < 4.78 is 2.83. The lowest BCUT2D eigenvalue weighted by atomic mass is 10.0. The Bertz CT molecular complexity index is 468. The van der Waals surface area contributed by atoms with Crippen LogP contribution in [0.5, 0.6) is 5.75 Å². The van der Waals surface area contributed by atoms with Gasteiger partial charge in [-0.1, -0.05) is 43.1 Å². The fourth-order valence-corrected chi connectivity index (χ4v) is 1.79. The molecular formula is C13H13NOS. The highest BCUT2D eigenvalue weighted by Crippen LogP contribution is 2.22. The lowest BCUT2D eigenvalue weighted by molar-refractivity contribution is 0.475. The van der Waals surface area contributed by atoms with Gasteiger partial charge in [-0.3, -0.25) is 4.72 Å². The quantitative estimate of drug-likeness (QED) is 0.710. The standard InChI is InChI=1S/C13H13NOS/c15-13-6-4-11(5-7-13)12-3-1-2-10(8-12)9-14-16/h1-8,14-16H,9H2. The molecule has 0 radical (unpaired) electrons. The Morgan fingerprint density at radius 1 is 1.00 bits per heavy atom. The van der Waals surface area contributed by atoms with Crippen molar-refractivity contribution in [2.45, 2.75) is 6.54 Å². The highest BCUT2D eigenvalue weighted by molar-refractivity contribution is 7.78. The number of phenols is 1. The molecule has 2 aromatic rings. The molecule has 3 heteroatoms. The van der Waals surface area contributed by atoms with Gasteiger partial charge in [-0.2, -0.15) is 0 Å². The lowest BCUT2D eigenvalue weighted by Crippen LogP contribution is -1.97. The summed E-state index contributed by atoms with van der Waals surface area (Å²) in [5.74, 6) is 0.289. The first-order valence-corrected chi connectivity index (χ1v) is 5.49. The molecule has 0 aromatic heterocycles. The Morgan fingerprint density at radius 3 is 2.44 bits per heavy atom. The molecular weight excluding hydrogens is 218 g/mol. The van der Waals surface area contributed by atoms with Crippen LogP contribution in [0.25, 0.3) is 11.1 Å². The topological polar surface area (TPSA) is 32.3 Å². The number of thiol groups is 1. The van der Waals surface area contributed by atoms with Crippen molar-refractivity contribution < 1.29 is 5.11 Å². The predicted molar refractivity (Wildman–Crippen MR) is 69.4 cm³/mol. The largest absolute Gasteiger partial charge is 0.508 e. The van der Waals surface area contributed by atoms with Gasteiger partial charge in [0, 0.05) is 6.54 Å². The second-order valence-electron chi connectivity index (χ2n) is 3.58. The van der Waals surface area contributed by atoms with Crippen molar-refractivity contribution in [2.24, 2.45) is 0 Å². The molecule has 0 saturated heterocycles. The fourth-order valence-electron chi connectivity index (χ4n) is 1.61. The molecule has 2 aromatic carbocycles. The molecule has 0 bridgehead atoms. The summed E-state index contributed by atoms with van der Waals surface area (Å²) in [6.45, 7) is 0.731. The molecule has 0 amide bonds. The van der Waals surface area contributed by atoms with E-state index < -0.39 is 0 Å². The number of phenolic OH excluding ortho intramolecular Hbond substituents is 1. The first-order valence-electron chi connectivity index (χ1n) is 5.05. The van der Waals surface area contributed by atoms with Crippen LogP contribution in [0.15, 0.2) is 48.5 Å². The molecule has 0 spiro atoms. The number of nitrogens with one attached hydrogen (secondary N) is 1. The van der Waals surface area contributed by atoms with Crippen LogP contribution < -0.4 is 4.72 Å². The molecule has 0 saturated carbocycles. The maximum absolute atomic E-state index is 9.22. The number of benzene rings is 2. The van der Waals surface area contributed by atoms with Crippen molar-refractivity contribution in [3.05, 3.63) is 54.1 Å². The normalized spacial score (nSPS) is 10.3. The van der Waals surface area contributed by atoms with E-state index in [9.17, 15) is 5.11 Å². The van der Waals surface area contributed by atoms with Crippen molar-refractivity contribution in [2.75, 3.05) is 0 Å². The van der Waals surface area contributed by atoms with E-state index in [-0.39, 0.29) is 5.75 Å². The van der Waals surface area contributed by atoms with E-state index in [1.807, 2.05) is 30.3 Å². The Balaban J connectivity index is 2.32. The highest BCUT2D eigenvalue weighted by atomic mass is 32.1. The molecule has 0 aliphatic heterocycles. The van der Waals surface area contributed by atoms with Crippen LogP contribution in [0.4, 0.5) is 0 Å². The van der Waals surface area contributed by atoms with Crippen LogP contribution >= 0.6 is 12.8 Å². The smallest absolute Gasteiger partial charge is 0.115 e. The zero-order valence-electron chi connectivity index (χ0n) is 8.72. The van der Waals surface area contributed by atoms with Gasteiger partial charge in [0.05, 0.1) is 0 Å². The van der Waals surface area contributed by atoms with Gasteiger partial charge in [-0.25, -0.2) is 0 Å². The van der Waals surface area contributed by atoms with Crippen LogP contribution in [-0.2, 0) is 6.54 Å². The molecule has 16 heavy (non-hydrogen) atoms. The minimum Gasteiger partial charge on any atom is -0.508 e. The Hall–Kier alpha value is -1.45. The second kappa shape index (κ2) is 5.05. The van der Waals surface area contributed by atoms with E-state index in [0.717, 1.165) is 17.7 Å². The van der Waals surface area contributed by atoms with Gasteiger partial charge in [0.25, 0.3) is 0 Å². The molecule has 0 aliphatic rings. The molecule has 0 fully saturated rings. The van der Waals surface area contributed by atoms with Gasteiger partial charge in [-0.15, -0.1) is 0 Å². The van der Waals surface area contributed by atoms with Crippen LogP contribution in [0.3, 0.4) is 0 Å². The molecule has 0 atom stereocenters. The van der Waals surface area contributed by atoms with E-state index in [2.05, 4.69) is 23.6 Å². The molecule has 2 N–H and O–H groups in total. The third-order valence-electron chi connectivity index (χ3n) is 2.41. The predicted octanol–water partition coefficient (Wildman–Crippen LogP) is 2.99. The van der Waals surface area contributed by atoms with E-state index in [1.54, 1.807) is 12.1 Å². The van der Waals surface area contributed by atoms with Gasteiger partial charge in [0.1, 0.15) is 5.75 Å². The van der Waals surface area contributed by atoms with E-state index in [0.29, 0.717) is 0 Å². The molecule has 0 heterocycles. The van der Waals surface area contributed by atoms with Crippen molar-refractivity contribution in [1.82, 2.24) is 4.72 Å². The molecule has 0 aliphatic carbocycles. The summed E-state index contributed by atoms with van der Waals surface area (Å²) >= 11 is 3.98. The third-order valence-corrected chi connectivity index (χ3v) is 2.57. The molecule has 2 nitrogen and oxygen atoms in total. The SMILES string of the molecule is Oc1ccc(-c2cccc(CNS)c2)cc1. The maximum atomic E-state index is 9.22. The number of aromatic hydroxyl groups is 1. The van der Waals surface area contributed by atoms with E-state index in [4.69, 9.17) is 0 Å². The van der Waals surface area contributed by atoms with Crippen LogP contribution in [-0.4, -0.2) is 5.11 Å². The average molecular weight is 231 g/mol. The lowest BCUT2D eigenvalue weighted by Gasteiger charge is -2.05. The summed E-state index contributed by atoms with van der Waals surface area (Å²) in [5.41, 5.74) is 3.42. The average Bonchev–Trinajstić information content (AvgIpc) is 2.31. The minimum absolute atomic E-state index is 0.289. The van der Waals surface area contributed by atoms with Gasteiger partial charge in [0.15, 0.2) is 0 Å². The highest BCUT2D eigenvalue weighted by Gasteiger charge is 1.99. The molecule has 0 unspecified atom stereocenters. The van der Waals surface area contributed by atoms with Gasteiger partial charge >= 0.3 is 0 Å². The van der Waals surface area contributed by atoms with Gasteiger partial charge in [0.2, 0.25) is 0 Å². The number of rotatable bonds is 3.